The summed E-state index contributed by atoms with van der Waals surface area (Å²) in [4.78, 5) is 23.8. The predicted octanol–water partition coefficient (Wildman–Crippen LogP) is 3.49. The lowest BCUT2D eigenvalue weighted by Crippen LogP contribution is -2.40. The molecule has 0 aliphatic carbocycles. The van der Waals surface area contributed by atoms with Crippen molar-refractivity contribution in [1.82, 2.24) is 5.32 Å². The molecule has 4 N–H and O–H groups in total. The molecule has 1 atom stereocenters. The molecule has 3 aromatic rings. The van der Waals surface area contributed by atoms with Gasteiger partial charge in [0.25, 0.3) is 0 Å². The van der Waals surface area contributed by atoms with Gasteiger partial charge in [-0.1, -0.05) is 60.7 Å². The fourth-order valence-corrected chi connectivity index (χ4v) is 2.97. The van der Waals surface area contributed by atoms with Crippen molar-refractivity contribution >= 4 is 17.5 Å². The molecule has 3 rings (SSSR count). The molecule has 2 amide bonds. The summed E-state index contributed by atoms with van der Waals surface area (Å²) < 4.78 is 0. The van der Waals surface area contributed by atoms with Crippen LogP contribution in [0.5, 0.6) is 0 Å². The Hall–Kier alpha value is -3.44. The molecule has 5 heteroatoms. The van der Waals surface area contributed by atoms with Crippen LogP contribution in [0.1, 0.15) is 34.5 Å². The van der Waals surface area contributed by atoms with Crippen molar-refractivity contribution in [3.05, 3.63) is 102 Å². The van der Waals surface area contributed by atoms with Crippen molar-refractivity contribution in [2.24, 2.45) is 5.73 Å². The summed E-state index contributed by atoms with van der Waals surface area (Å²) in [6.45, 7) is 1.83. The zero-order valence-electron chi connectivity index (χ0n) is 15.6. The normalized spacial score (nSPS) is 11.8. The topological polar surface area (TPSA) is 84.2 Å². The lowest BCUT2D eigenvalue weighted by atomic mass is 9.98. The third-order valence-electron chi connectivity index (χ3n) is 4.51. The van der Waals surface area contributed by atoms with Gasteiger partial charge in [-0.05, 0) is 42.3 Å². The first-order valence-electron chi connectivity index (χ1n) is 9.11. The average Bonchev–Trinajstić information content (AvgIpc) is 2.73. The minimum Gasteiger partial charge on any atom is -0.366 e. The summed E-state index contributed by atoms with van der Waals surface area (Å²) in [5.74, 6) is -0.662. The Morgan fingerprint density at radius 3 is 1.75 bits per heavy atom. The second kappa shape index (κ2) is 8.97. The lowest BCUT2D eigenvalue weighted by Gasteiger charge is -2.24. The van der Waals surface area contributed by atoms with Crippen LogP contribution in [-0.2, 0) is 4.79 Å². The van der Waals surface area contributed by atoms with Gasteiger partial charge >= 0.3 is 0 Å². The van der Waals surface area contributed by atoms with Gasteiger partial charge in [0, 0.05) is 11.3 Å². The van der Waals surface area contributed by atoms with Gasteiger partial charge in [-0.25, -0.2) is 0 Å². The van der Waals surface area contributed by atoms with Gasteiger partial charge in [0.1, 0.15) is 0 Å². The highest BCUT2D eigenvalue weighted by Gasteiger charge is 2.20. The smallest absolute Gasteiger partial charge is 0.248 e. The van der Waals surface area contributed by atoms with Crippen molar-refractivity contribution in [2.45, 2.75) is 19.0 Å². The predicted molar refractivity (Wildman–Crippen MR) is 111 cm³/mol. The number of carbonyl (C=O) groups is 2. The van der Waals surface area contributed by atoms with Gasteiger partial charge < -0.3 is 11.1 Å². The molecular weight excluding hydrogens is 350 g/mol. The molecule has 0 saturated carbocycles. The second-order valence-corrected chi connectivity index (χ2v) is 6.57. The number of rotatable bonds is 7. The van der Waals surface area contributed by atoms with Crippen LogP contribution >= 0.6 is 0 Å². The number of primary amides is 1. The second-order valence-electron chi connectivity index (χ2n) is 6.57. The molecule has 0 aromatic heterocycles. The summed E-state index contributed by atoms with van der Waals surface area (Å²) >= 11 is 0. The molecule has 0 aliphatic heterocycles. The van der Waals surface area contributed by atoms with Gasteiger partial charge in [0.2, 0.25) is 11.8 Å². The highest BCUT2D eigenvalue weighted by atomic mass is 16.2. The molecule has 0 spiro atoms. The van der Waals surface area contributed by atoms with Crippen molar-refractivity contribution < 1.29 is 9.59 Å². The third kappa shape index (κ3) is 4.84. The van der Waals surface area contributed by atoms with Crippen LogP contribution in [0.3, 0.4) is 0 Å². The standard InChI is InChI=1S/C23H23N3O2/c1-16(23(28)26-20-14-12-19(13-15-20)22(24)27)25-21(17-8-4-2-5-9-17)18-10-6-3-7-11-18/h2-16,21,25H,1H3,(H2,24,27)(H,26,28). The minimum absolute atomic E-state index is 0.111. The van der Waals surface area contributed by atoms with Crippen LogP contribution in [0.25, 0.3) is 0 Å². The Balaban J connectivity index is 1.73. The van der Waals surface area contributed by atoms with Crippen LogP contribution in [0, 0.1) is 0 Å². The zero-order chi connectivity index (χ0) is 19.9. The summed E-state index contributed by atoms with van der Waals surface area (Å²) in [5.41, 5.74) is 8.42. The molecule has 0 bridgehead atoms. The first-order valence-corrected chi connectivity index (χ1v) is 9.11. The van der Waals surface area contributed by atoms with Crippen molar-refractivity contribution in [3.63, 3.8) is 0 Å². The van der Waals surface area contributed by atoms with E-state index in [0.717, 1.165) is 11.1 Å². The molecule has 142 valence electrons. The van der Waals surface area contributed by atoms with Crippen LogP contribution in [-0.4, -0.2) is 17.9 Å². The van der Waals surface area contributed by atoms with E-state index in [1.807, 2.05) is 67.6 Å². The van der Waals surface area contributed by atoms with Crippen LogP contribution in [0.15, 0.2) is 84.9 Å². The zero-order valence-corrected chi connectivity index (χ0v) is 15.6. The number of hydrogen-bond donors (Lipinski definition) is 3. The molecule has 0 radical (unpaired) electrons. The maximum Gasteiger partial charge on any atom is 0.248 e. The third-order valence-corrected chi connectivity index (χ3v) is 4.51. The summed E-state index contributed by atoms with van der Waals surface area (Å²) in [5, 5.41) is 6.28. The Kier molecular flexibility index (Phi) is 6.19. The van der Waals surface area contributed by atoms with E-state index in [1.54, 1.807) is 24.3 Å². The molecule has 0 fully saturated rings. The van der Waals surface area contributed by atoms with Crippen LogP contribution < -0.4 is 16.4 Å². The van der Waals surface area contributed by atoms with E-state index in [4.69, 9.17) is 5.73 Å². The van der Waals surface area contributed by atoms with E-state index < -0.39 is 11.9 Å². The van der Waals surface area contributed by atoms with E-state index >= 15 is 0 Å². The Morgan fingerprint density at radius 2 is 1.29 bits per heavy atom. The van der Waals surface area contributed by atoms with Crippen molar-refractivity contribution in [3.8, 4) is 0 Å². The van der Waals surface area contributed by atoms with Crippen LogP contribution in [0.4, 0.5) is 5.69 Å². The fraction of sp³-hybridized carbons (Fsp3) is 0.130. The summed E-state index contributed by atoms with van der Waals surface area (Å²) in [6, 6.07) is 26.0. The maximum atomic E-state index is 12.7. The summed E-state index contributed by atoms with van der Waals surface area (Å²) in [7, 11) is 0. The van der Waals surface area contributed by atoms with Gasteiger partial charge in [-0.15, -0.1) is 0 Å². The number of anilines is 1. The Bertz CT molecular complexity index is 886. The first kappa shape index (κ1) is 19.3. The molecule has 1 unspecified atom stereocenters. The van der Waals surface area contributed by atoms with E-state index in [-0.39, 0.29) is 11.9 Å². The number of hydrogen-bond acceptors (Lipinski definition) is 3. The highest BCUT2D eigenvalue weighted by Crippen LogP contribution is 2.22. The minimum atomic E-state index is -0.499. The fourth-order valence-electron chi connectivity index (χ4n) is 2.97. The molecule has 5 nitrogen and oxygen atoms in total. The molecule has 0 aliphatic rings. The van der Waals surface area contributed by atoms with Gasteiger partial charge in [0.05, 0.1) is 12.1 Å². The maximum absolute atomic E-state index is 12.7. The SMILES string of the molecule is CC(NC(c1ccccc1)c1ccccc1)C(=O)Nc1ccc(C(N)=O)cc1. The number of nitrogens with two attached hydrogens (primary N) is 1. The lowest BCUT2D eigenvalue weighted by molar-refractivity contribution is -0.117. The highest BCUT2D eigenvalue weighted by molar-refractivity contribution is 5.96. The van der Waals surface area contributed by atoms with E-state index in [1.165, 1.54) is 0 Å². The molecule has 28 heavy (non-hydrogen) atoms. The van der Waals surface area contributed by atoms with Gasteiger partial charge in [0.15, 0.2) is 0 Å². The Labute approximate surface area is 164 Å². The number of benzene rings is 3. The van der Waals surface area contributed by atoms with Crippen molar-refractivity contribution in [1.29, 1.82) is 0 Å². The molecule has 0 saturated heterocycles. The Morgan fingerprint density at radius 1 is 0.786 bits per heavy atom. The molecule has 0 heterocycles. The molecule has 3 aromatic carbocycles. The van der Waals surface area contributed by atoms with E-state index in [2.05, 4.69) is 10.6 Å². The van der Waals surface area contributed by atoms with E-state index in [0.29, 0.717) is 11.3 Å². The van der Waals surface area contributed by atoms with E-state index in [9.17, 15) is 9.59 Å². The molecular formula is C23H23N3O2. The quantitative estimate of drug-likeness (QED) is 0.593. The average molecular weight is 373 g/mol. The van der Waals surface area contributed by atoms with Gasteiger partial charge in [-0.3, -0.25) is 14.9 Å². The van der Waals surface area contributed by atoms with Crippen molar-refractivity contribution in [2.75, 3.05) is 5.32 Å². The number of nitrogens with one attached hydrogen (secondary N) is 2. The number of carbonyl (C=O) groups excluding carboxylic acids is 2. The first-order chi connectivity index (χ1) is 13.5. The monoisotopic (exact) mass is 373 g/mol. The largest absolute Gasteiger partial charge is 0.366 e. The van der Waals surface area contributed by atoms with Crippen LogP contribution in [0.2, 0.25) is 0 Å². The summed E-state index contributed by atoms with van der Waals surface area (Å²) in [6.07, 6.45) is 0. The number of amides is 2. The van der Waals surface area contributed by atoms with Gasteiger partial charge in [-0.2, -0.15) is 0 Å².